The van der Waals surface area contributed by atoms with Crippen LogP contribution in [0.1, 0.15) is 5.56 Å². The number of rotatable bonds is 2. The van der Waals surface area contributed by atoms with Gasteiger partial charge >= 0.3 is 0 Å². The normalized spacial score (nSPS) is 11.1. The fraction of sp³-hybridized carbons (Fsp3) is 0. The number of carbonyl (C=O) groups excluding carboxylic acids is 1. The molecule has 0 fully saturated rings. The maximum Gasteiger partial charge on any atom is 0.245 e. The van der Waals surface area contributed by atoms with Gasteiger partial charge in [0.25, 0.3) is 0 Å². The van der Waals surface area contributed by atoms with E-state index in [1.54, 1.807) is 24.3 Å². The molecule has 3 heteroatoms. The Morgan fingerprint density at radius 1 is 1.12 bits per heavy atom. The lowest BCUT2D eigenvalue weighted by Gasteiger charge is -1.99. The Morgan fingerprint density at radius 2 is 1.81 bits per heavy atom. The molecule has 0 bridgehead atoms. The summed E-state index contributed by atoms with van der Waals surface area (Å²) in [6, 6.07) is 10.0. The van der Waals surface area contributed by atoms with Gasteiger partial charge in [-0.2, -0.15) is 0 Å². The van der Waals surface area contributed by atoms with Crippen molar-refractivity contribution < 1.29 is 9.18 Å². The molecule has 0 saturated heterocycles. The quantitative estimate of drug-likeness (QED) is 0.571. The van der Waals surface area contributed by atoms with Crippen LogP contribution in [0.5, 0.6) is 0 Å². The standard InChI is InChI=1S/C13H8ClFO/c14-13(16)6-2-9-1-3-11-8-12(15)5-4-10(11)7-9/h1-8H/b6-2+. The predicted octanol–water partition coefficient (Wildman–Crippen LogP) is 3.76. The van der Waals surface area contributed by atoms with Gasteiger partial charge in [-0.25, -0.2) is 4.39 Å². The van der Waals surface area contributed by atoms with Crippen molar-refractivity contribution in [3.05, 3.63) is 53.9 Å². The third-order valence-corrected chi connectivity index (χ3v) is 2.36. The van der Waals surface area contributed by atoms with E-state index in [0.29, 0.717) is 0 Å². The van der Waals surface area contributed by atoms with E-state index in [-0.39, 0.29) is 5.82 Å². The second-order valence-electron chi connectivity index (χ2n) is 3.39. The molecule has 0 amide bonds. The molecule has 16 heavy (non-hydrogen) atoms. The van der Waals surface area contributed by atoms with E-state index in [4.69, 9.17) is 11.6 Å². The Balaban J connectivity index is 2.44. The molecule has 1 nitrogen and oxygen atoms in total. The van der Waals surface area contributed by atoms with E-state index >= 15 is 0 Å². The molecule has 2 rings (SSSR count). The van der Waals surface area contributed by atoms with Gasteiger partial charge < -0.3 is 0 Å². The fourth-order valence-corrected chi connectivity index (χ4v) is 1.56. The van der Waals surface area contributed by atoms with Crippen molar-refractivity contribution >= 4 is 33.7 Å². The van der Waals surface area contributed by atoms with E-state index in [0.717, 1.165) is 16.3 Å². The lowest BCUT2D eigenvalue weighted by molar-refractivity contribution is -0.107. The first-order chi connectivity index (χ1) is 7.65. The second kappa shape index (κ2) is 4.45. The molecule has 0 spiro atoms. The van der Waals surface area contributed by atoms with Gasteiger partial charge in [-0.3, -0.25) is 4.79 Å². The molecule has 0 N–H and O–H groups in total. The molecule has 0 saturated carbocycles. The molecule has 0 heterocycles. The molecule has 80 valence electrons. The van der Waals surface area contributed by atoms with Crippen LogP contribution < -0.4 is 0 Å². The second-order valence-corrected chi connectivity index (χ2v) is 3.76. The molecule has 2 aromatic rings. The number of fused-ring (bicyclic) bond motifs is 1. The lowest BCUT2D eigenvalue weighted by Crippen LogP contribution is -1.79. The van der Waals surface area contributed by atoms with Gasteiger partial charge in [0.2, 0.25) is 5.24 Å². The Labute approximate surface area is 97.1 Å². The number of benzene rings is 2. The summed E-state index contributed by atoms with van der Waals surface area (Å²) < 4.78 is 12.9. The minimum atomic E-state index is -0.515. The summed E-state index contributed by atoms with van der Waals surface area (Å²) in [5, 5.41) is 1.24. The SMILES string of the molecule is O=C(Cl)/C=C/c1ccc2cc(F)ccc2c1. The summed E-state index contributed by atoms with van der Waals surface area (Å²) in [5.41, 5.74) is 0.855. The largest absolute Gasteiger partial charge is 0.276 e. The monoisotopic (exact) mass is 234 g/mol. The van der Waals surface area contributed by atoms with Gasteiger partial charge in [-0.05, 0) is 52.2 Å². The highest BCUT2D eigenvalue weighted by Gasteiger charge is 1.96. The molecule has 0 aliphatic carbocycles. The van der Waals surface area contributed by atoms with Gasteiger partial charge in [0.1, 0.15) is 5.82 Å². The third-order valence-electron chi connectivity index (χ3n) is 2.23. The molecule has 0 aliphatic rings. The minimum absolute atomic E-state index is 0.258. The van der Waals surface area contributed by atoms with E-state index in [1.807, 2.05) is 6.07 Å². The Hall–Kier alpha value is -1.67. The summed E-state index contributed by atoms with van der Waals surface area (Å²) in [6.45, 7) is 0. The maximum atomic E-state index is 12.9. The summed E-state index contributed by atoms with van der Waals surface area (Å²) in [4.78, 5) is 10.6. The molecule has 0 radical (unpaired) electrons. The molecule has 0 aromatic heterocycles. The zero-order valence-electron chi connectivity index (χ0n) is 8.28. The Kier molecular flexibility index (Phi) is 3.02. The topological polar surface area (TPSA) is 17.1 Å². The molecule has 0 unspecified atom stereocenters. The zero-order valence-corrected chi connectivity index (χ0v) is 9.04. The van der Waals surface area contributed by atoms with E-state index < -0.39 is 5.24 Å². The first kappa shape index (κ1) is 10.8. The minimum Gasteiger partial charge on any atom is -0.276 e. The molecular weight excluding hydrogens is 227 g/mol. The zero-order chi connectivity index (χ0) is 11.5. The van der Waals surface area contributed by atoms with Crippen LogP contribution >= 0.6 is 11.6 Å². The number of hydrogen-bond donors (Lipinski definition) is 0. The van der Waals surface area contributed by atoms with Crippen LogP contribution in [0.2, 0.25) is 0 Å². The highest BCUT2D eigenvalue weighted by atomic mass is 35.5. The maximum absolute atomic E-state index is 12.9. The average Bonchev–Trinajstić information content (AvgIpc) is 2.26. The highest BCUT2D eigenvalue weighted by molar-refractivity contribution is 6.66. The van der Waals surface area contributed by atoms with Gasteiger partial charge in [0, 0.05) is 0 Å². The van der Waals surface area contributed by atoms with Crippen LogP contribution in [0.15, 0.2) is 42.5 Å². The predicted molar refractivity (Wildman–Crippen MR) is 63.8 cm³/mol. The van der Waals surface area contributed by atoms with E-state index in [9.17, 15) is 9.18 Å². The third kappa shape index (κ3) is 2.47. The summed E-state index contributed by atoms with van der Waals surface area (Å²) >= 11 is 5.19. The van der Waals surface area contributed by atoms with Crippen LogP contribution in [-0.2, 0) is 4.79 Å². The van der Waals surface area contributed by atoms with Crippen molar-refractivity contribution in [2.75, 3.05) is 0 Å². The van der Waals surface area contributed by atoms with Crippen LogP contribution in [0.25, 0.3) is 16.8 Å². The van der Waals surface area contributed by atoms with Gasteiger partial charge in [-0.15, -0.1) is 0 Å². The number of hydrogen-bond acceptors (Lipinski definition) is 1. The smallest absolute Gasteiger partial charge is 0.245 e. The van der Waals surface area contributed by atoms with Gasteiger partial charge in [-0.1, -0.05) is 24.3 Å². The number of allylic oxidation sites excluding steroid dienone is 1. The first-order valence-electron chi connectivity index (χ1n) is 4.72. The van der Waals surface area contributed by atoms with Crippen molar-refractivity contribution in [1.29, 1.82) is 0 Å². The van der Waals surface area contributed by atoms with Crippen molar-refractivity contribution in [1.82, 2.24) is 0 Å². The first-order valence-corrected chi connectivity index (χ1v) is 5.10. The van der Waals surface area contributed by atoms with Crippen molar-refractivity contribution in [3.8, 4) is 0 Å². The van der Waals surface area contributed by atoms with Crippen LogP contribution in [0.3, 0.4) is 0 Å². The van der Waals surface area contributed by atoms with Gasteiger partial charge in [0.05, 0.1) is 0 Å². The number of carbonyl (C=O) groups is 1. The van der Waals surface area contributed by atoms with Gasteiger partial charge in [0.15, 0.2) is 0 Å². The van der Waals surface area contributed by atoms with Crippen molar-refractivity contribution in [2.24, 2.45) is 0 Å². The van der Waals surface area contributed by atoms with E-state index in [2.05, 4.69) is 0 Å². The van der Waals surface area contributed by atoms with Crippen LogP contribution in [-0.4, -0.2) is 5.24 Å². The molecule has 0 aliphatic heterocycles. The number of halogens is 2. The van der Waals surface area contributed by atoms with Crippen LogP contribution in [0.4, 0.5) is 4.39 Å². The Morgan fingerprint density at radius 3 is 2.56 bits per heavy atom. The van der Waals surface area contributed by atoms with Crippen LogP contribution in [0, 0.1) is 5.82 Å². The lowest BCUT2D eigenvalue weighted by atomic mass is 10.1. The van der Waals surface area contributed by atoms with E-state index in [1.165, 1.54) is 18.2 Å². The average molecular weight is 235 g/mol. The molecule has 0 atom stereocenters. The van der Waals surface area contributed by atoms with Crippen molar-refractivity contribution in [3.63, 3.8) is 0 Å². The molecule has 2 aromatic carbocycles. The summed E-state index contributed by atoms with van der Waals surface area (Å²) in [7, 11) is 0. The fourth-order valence-electron chi connectivity index (χ4n) is 1.50. The summed E-state index contributed by atoms with van der Waals surface area (Å²) in [6.07, 6.45) is 2.91. The highest BCUT2D eigenvalue weighted by Crippen LogP contribution is 2.18. The molecular formula is C13H8ClFO. The summed E-state index contributed by atoms with van der Waals surface area (Å²) in [5.74, 6) is -0.258. The van der Waals surface area contributed by atoms with Crippen molar-refractivity contribution in [2.45, 2.75) is 0 Å². The Bertz CT molecular complexity index is 575.